The summed E-state index contributed by atoms with van der Waals surface area (Å²) >= 11 is 0. The molecule has 0 aliphatic carbocycles. The fourth-order valence-corrected chi connectivity index (χ4v) is 1.20. The molecule has 0 radical (unpaired) electrons. The molecule has 0 aromatic carbocycles. The van der Waals surface area contributed by atoms with Gasteiger partial charge in [-0.05, 0) is 13.8 Å². The van der Waals surface area contributed by atoms with E-state index in [2.05, 4.69) is 15.4 Å². The van der Waals surface area contributed by atoms with Crippen molar-refractivity contribution in [2.45, 2.75) is 27.2 Å². The number of nitrogens with one attached hydrogen (secondary N) is 1. The molecule has 5 heteroatoms. The standard InChI is InChI=1S/C11H18N4O/c1-4-6-7-16-11-8(3)10(15-12)13-9(5-2)14-11/h4,6H,5,7,12H2,1-3H3,(H,13,14,15)/b6-4+. The molecule has 5 nitrogen and oxygen atoms in total. The highest BCUT2D eigenvalue weighted by Gasteiger charge is 2.09. The van der Waals surface area contributed by atoms with Crippen molar-refractivity contribution in [3.8, 4) is 5.88 Å². The first-order valence-electron chi connectivity index (χ1n) is 5.31. The van der Waals surface area contributed by atoms with Crippen molar-refractivity contribution in [1.82, 2.24) is 9.97 Å². The molecule has 0 spiro atoms. The highest BCUT2D eigenvalue weighted by Crippen LogP contribution is 2.21. The van der Waals surface area contributed by atoms with Crippen LogP contribution >= 0.6 is 0 Å². The summed E-state index contributed by atoms with van der Waals surface area (Å²) in [6, 6.07) is 0. The summed E-state index contributed by atoms with van der Waals surface area (Å²) in [4.78, 5) is 8.56. The van der Waals surface area contributed by atoms with E-state index in [4.69, 9.17) is 10.6 Å². The number of hydrazine groups is 1. The smallest absolute Gasteiger partial charge is 0.222 e. The number of nitrogens with zero attached hydrogens (tertiary/aromatic N) is 2. The minimum absolute atomic E-state index is 0.502. The third-order valence-electron chi connectivity index (χ3n) is 2.15. The topological polar surface area (TPSA) is 73.1 Å². The Hall–Kier alpha value is -1.62. The number of rotatable bonds is 5. The summed E-state index contributed by atoms with van der Waals surface area (Å²) in [7, 11) is 0. The van der Waals surface area contributed by atoms with Crippen molar-refractivity contribution in [2.75, 3.05) is 12.0 Å². The minimum atomic E-state index is 0.502. The van der Waals surface area contributed by atoms with Gasteiger partial charge in [-0.2, -0.15) is 4.98 Å². The average molecular weight is 222 g/mol. The Kier molecular flexibility index (Phi) is 4.72. The van der Waals surface area contributed by atoms with Crippen LogP contribution < -0.4 is 16.0 Å². The molecule has 0 saturated carbocycles. The van der Waals surface area contributed by atoms with Crippen molar-refractivity contribution < 1.29 is 4.74 Å². The Morgan fingerprint density at radius 2 is 2.19 bits per heavy atom. The van der Waals surface area contributed by atoms with E-state index >= 15 is 0 Å². The summed E-state index contributed by atoms with van der Waals surface area (Å²) in [6.07, 6.45) is 4.59. The molecule has 0 fully saturated rings. The third kappa shape index (κ3) is 2.93. The fraction of sp³-hybridized carbons (Fsp3) is 0.455. The molecular weight excluding hydrogens is 204 g/mol. The van der Waals surface area contributed by atoms with E-state index < -0.39 is 0 Å². The zero-order valence-electron chi connectivity index (χ0n) is 9.95. The van der Waals surface area contributed by atoms with Crippen LogP contribution in [0.4, 0.5) is 5.82 Å². The Balaban J connectivity index is 2.96. The lowest BCUT2D eigenvalue weighted by Gasteiger charge is -2.11. The van der Waals surface area contributed by atoms with E-state index in [0.29, 0.717) is 24.1 Å². The van der Waals surface area contributed by atoms with Crippen molar-refractivity contribution in [2.24, 2.45) is 5.84 Å². The number of hydrogen-bond donors (Lipinski definition) is 2. The normalized spacial score (nSPS) is 10.8. The molecule has 0 amide bonds. The molecule has 16 heavy (non-hydrogen) atoms. The second-order valence-electron chi connectivity index (χ2n) is 3.30. The molecule has 1 aromatic rings. The zero-order chi connectivity index (χ0) is 12.0. The maximum absolute atomic E-state index is 5.53. The molecule has 0 aliphatic heterocycles. The summed E-state index contributed by atoms with van der Waals surface area (Å²) in [6.45, 7) is 6.31. The van der Waals surface area contributed by atoms with E-state index in [-0.39, 0.29) is 0 Å². The number of hydrogen-bond acceptors (Lipinski definition) is 5. The van der Waals surface area contributed by atoms with Crippen LogP contribution in [0.2, 0.25) is 0 Å². The number of ether oxygens (including phenoxy) is 1. The Bertz CT molecular complexity index is 376. The average Bonchev–Trinajstić information content (AvgIpc) is 2.31. The molecule has 0 unspecified atom stereocenters. The number of aromatic nitrogens is 2. The number of anilines is 1. The van der Waals surface area contributed by atoms with E-state index in [1.54, 1.807) is 0 Å². The molecule has 0 atom stereocenters. The lowest BCUT2D eigenvalue weighted by molar-refractivity contribution is 0.343. The largest absolute Gasteiger partial charge is 0.473 e. The molecule has 3 N–H and O–H groups in total. The maximum atomic E-state index is 5.53. The summed E-state index contributed by atoms with van der Waals surface area (Å²) in [5.41, 5.74) is 3.37. The lowest BCUT2D eigenvalue weighted by atomic mass is 10.3. The SMILES string of the molecule is C/C=C/COc1nc(CC)nc(NN)c1C. The van der Waals surface area contributed by atoms with Gasteiger partial charge in [-0.3, -0.25) is 0 Å². The third-order valence-corrected chi connectivity index (χ3v) is 2.15. The van der Waals surface area contributed by atoms with Gasteiger partial charge in [0.25, 0.3) is 0 Å². The van der Waals surface area contributed by atoms with Crippen LogP contribution in [-0.2, 0) is 6.42 Å². The molecular formula is C11H18N4O. The van der Waals surface area contributed by atoms with Crippen LogP contribution in [0, 0.1) is 6.92 Å². The van der Waals surface area contributed by atoms with Crippen LogP contribution in [0.25, 0.3) is 0 Å². The van der Waals surface area contributed by atoms with Gasteiger partial charge in [0.15, 0.2) is 0 Å². The Morgan fingerprint density at radius 1 is 1.44 bits per heavy atom. The summed E-state index contributed by atoms with van der Waals surface area (Å²) in [5, 5.41) is 0. The number of aryl methyl sites for hydroxylation is 1. The van der Waals surface area contributed by atoms with Crippen molar-refractivity contribution in [3.05, 3.63) is 23.5 Å². The molecule has 88 valence electrons. The van der Waals surface area contributed by atoms with Gasteiger partial charge in [0.05, 0.1) is 5.56 Å². The number of nitrogens with two attached hydrogens (primary N) is 1. The first kappa shape index (κ1) is 12.4. The van der Waals surface area contributed by atoms with Gasteiger partial charge in [-0.1, -0.05) is 19.1 Å². The van der Waals surface area contributed by atoms with Crippen molar-refractivity contribution in [3.63, 3.8) is 0 Å². The number of allylic oxidation sites excluding steroid dienone is 1. The Morgan fingerprint density at radius 3 is 2.75 bits per heavy atom. The quantitative estimate of drug-likeness (QED) is 0.449. The van der Waals surface area contributed by atoms with Crippen molar-refractivity contribution >= 4 is 5.82 Å². The van der Waals surface area contributed by atoms with Crippen LogP contribution in [0.3, 0.4) is 0 Å². The minimum Gasteiger partial charge on any atom is -0.473 e. The van der Waals surface area contributed by atoms with Crippen molar-refractivity contribution in [1.29, 1.82) is 0 Å². The van der Waals surface area contributed by atoms with Crippen LogP contribution in [0.15, 0.2) is 12.2 Å². The van der Waals surface area contributed by atoms with E-state index in [9.17, 15) is 0 Å². The lowest BCUT2D eigenvalue weighted by Crippen LogP contribution is -2.13. The van der Waals surface area contributed by atoms with Gasteiger partial charge in [0.1, 0.15) is 18.2 Å². The van der Waals surface area contributed by atoms with Gasteiger partial charge in [-0.15, -0.1) is 0 Å². The van der Waals surface area contributed by atoms with Gasteiger partial charge >= 0.3 is 0 Å². The van der Waals surface area contributed by atoms with E-state index in [1.165, 1.54) is 0 Å². The second-order valence-corrected chi connectivity index (χ2v) is 3.30. The molecule has 0 saturated heterocycles. The molecule has 1 aromatic heterocycles. The predicted molar refractivity (Wildman–Crippen MR) is 64.3 cm³/mol. The van der Waals surface area contributed by atoms with E-state index in [1.807, 2.05) is 32.9 Å². The number of nitrogen functional groups attached to an aromatic ring is 1. The predicted octanol–water partition coefficient (Wildman–Crippen LogP) is 1.59. The molecule has 0 bridgehead atoms. The fourth-order valence-electron chi connectivity index (χ4n) is 1.20. The molecule has 0 aliphatic rings. The van der Waals surface area contributed by atoms with Crippen LogP contribution in [0.1, 0.15) is 25.2 Å². The molecule has 1 heterocycles. The van der Waals surface area contributed by atoms with Crippen LogP contribution in [0.5, 0.6) is 5.88 Å². The summed E-state index contributed by atoms with van der Waals surface area (Å²) in [5.74, 6) is 7.30. The van der Waals surface area contributed by atoms with Gasteiger partial charge in [0.2, 0.25) is 5.88 Å². The first-order valence-corrected chi connectivity index (χ1v) is 5.31. The summed E-state index contributed by atoms with van der Waals surface area (Å²) < 4.78 is 5.53. The Labute approximate surface area is 95.7 Å². The van der Waals surface area contributed by atoms with Gasteiger partial charge < -0.3 is 10.2 Å². The first-order chi connectivity index (χ1) is 7.72. The van der Waals surface area contributed by atoms with Gasteiger partial charge in [-0.25, -0.2) is 10.8 Å². The highest BCUT2D eigenvalue weighted by atomic mass is 16.5. The van der Waals surface area contributed by atoms with E-state index in [0.717, 1.165) is 12.0 Å². The van der Waals surface area contributed by atoms with Crippen LogP contribution in [-0.4, -0.2) is 16.6 Å². The second kappa shape index (κ2) is 6.07. The van der Waals surface area contributed by atoms with Gasteiger partial charge in [0, 0.05) is 6.42 Å². The maximum Gasteiger partial charge on any atom is 0.222 e. The molecule has 1 rings (SSSR count). The monoisotopic (exact) mass is 222 g/mol. The highest BCUT2D eigenvalue weighted by molar-refractivity contribution is 5.47. The zero-order valence-corrected chi connectivity index (χ0v) is 9.95.